The minimum Gasteiger partial charge on any atom is -0.323 e. The SMILES string of the molecule is Cc1ccc(F)c(C(N)Cc2ccc(F)c(Br)c2)c1F. The topological polar surface area (TPSA) is 26.0 Å². The Balaban J connectivity index is 2.30. The molecule has 5 heteroatoms. The van der Waals surface area contributed by atoms with Gasteiger partial charge in [-0.25, -0.2) is 13.2 Å². The molecule has 2 rings (SSSR count). The first-order valence-electron chi connectivity index (χ1n) is 6.04. The summed E-state index contributed by atoms with van der Waals surface area (Å²) in [6.45, 7) is 1.56. The Morgan fingerprint density at radius 2 is 1.75 bits per heavy atom. The van der Waals surface area contributed by atoms with Crippen molar-refractivity contribution >= 4 is 15.9 Å². The van der Waals surface area contributed by atoms with Gasteiger partial charge in [-0.3, -0.25) is 0 Å². The summed E-state index contributed by atoms with van der Waals surface area (Å²) in [5.74, 6) is -1.68. The minimum absolute atomic E-state index is 0.134. The summed E-state index contributed by atoms with van der Waals surface area (Å²) in [6.07, 6.45) is 0.218. The second kappa shape index (κ2) is 5.97. The Labute approximate surface area is 123 Å². The molecule has 20 heavy (non-hydrogen) atoms. The number of halogens is 4. The van der Waals surface area contributed by atoms with Crippen molar-refractivity contribution in [2.24, 2.45) is 5.73 Å². The molecule has 2 aromatic rings. The molecule has 1 unspecified atom stereocenters. The molecule has 0 aliphatic rings. The number of aryl methyl sites for hydroxylation is 1. The standard InChI is InChI=1S/C15H13BrF3N/c1-8-2-4-12(18)14(15(8)19)13(20)7-9-3-5-11(17)10(16)6-9/h2-6,13H,7,20H2,1H3. The monoisotopic (exact) mass is 343 g/mol. The van der Waals surface area contributed by atoms with Crippen LogP contribution in [0.3, 0.4) is 0 Å². The number of hydrogen-bond acceptors (Lipinski definition) is 1. The van der Waals surface area contributed by atoms with E-state index in [-0.39, 0.29) is 12.0 Å². The number of nitrogens with two attached hydrogens (primary N) is 1. The van der Waals surface area contributed by atoms with Gasteiger partial charge in [0.2, 0.25) is 0 Å². The van der Waals surface area contributed by atoms with Gasteiger partial charge in [0.15, 0.2) is 0 Å². The summed E-state index contributed by atoms with van der Waals surface area (Å²) in [5, 5.41) is 0. The Morgan fingerprint density at radius 3 is 2.40 bits per heavy atom. The molecule has 0 fully saturated rings. The van der Waals surface area contributed by atoms with Crippen LogP contribution in [0.5, 0.6) is 0 Å². The van der Waals surface area contributed by atoms with Crippen molar-refractivity contribution in [3.8, 4) is 0 Å². The van der Waals surface area contributed by atoms with Gasteiger partial charge in [0.05, 0.1) is 4.47 Å². The molecule has 0 heterocycles. The number of hydrogen-bond donors (Lipinski definition) is 1. The lowest BCUT2D eigenvalue weighted by Gasteiger charge is -2.15. The van der Waals surface area contributed by atoms with Crippen LogP contribution in [-0.2, 0) is 6.42 Å². The molecule has 2 aromatic carbocycles. The summed E-state index contributed by atoms with van der Waals surface area (Å²) in [4.78, 5) is 0. The first-order valence-corrected chi connectivity index (χ1v) is 6.83. The third-order valence-corrected chi connectivity index (χ3v) is 3.74. The smallest absolute Gasteiger partial charge is 0.137 e. The van der Waals surface area contributed by atoms with Crippen LogP contribution in [-0.4, -0.2) is 0 Å². The van der Waals surface area contributed by atoms with E-state index in [0.29, 0.717) is 15.6 Å². The summed E-state index contributed by atoms with van der Waals surface area (Å²) >= 11 is 3.07. The van der Waals surface area contributed by atoms with Crippen molar-refractivity contribution in [1.29, 1.82) is 0 Å². The van der Waals surface area contributed by atoms with Gasteiger partial charge in [-0.1, -0.05) is 12.1 Å². The molecular weight excluding hydrogens is 331 g/mol. The third-order valence-electron chi connectivity index (χ3n) is 3.13. The largest absolute Gasteiger partial charge is 0.323 e. The second-order valence-electron chi connectivity index (χ2n) is 4.65. The fraction of sp³-hybridized carbons (Fsp3) is 0.200. The van der Waals surface area contributed by atoms with Crippen molar-refractivity contribution in [3.05, 3.63) is 68.9 Å². The van der Waals surface area contributed by atoms with Crippen LogP contribution >= 0.6 is 15.9 Å². The molecule has 0 aromatic heterocycles. The fourth-order valence-corrected chi connectivity index (χ4v) is 2.47. The van der Waals surface area contributed by atoms with Crippen LogP contribution in [0, 0.1) is 24.4 Å². The zero-order valence-corrected chi connectivity index (χ0v) is 12.3. The third kappa shape index (κ3) is 3.04. The molecule has 0 saturated carbocycles. The highest BCUT2D eigenvalue weighted by molar-refractivity contribution is 9.10. The van der Waals surface area contributed by atoms with E-state index < -0.39 is 23.5 Å². The van der Waals surface area contributed by atoms with Gasteiger partial charge in [-0.05, 0) is 58.6 Å². The molecular formula is C15H13BrF3N. The molecule has 0 aliphatic heterocycles. The normalized spacial score (nSPS) is 12.5. The summed E-state index contributed by atoms with van der Waals surface area (Å²) in [5.41, 5.74) is 6.81. The fourth-order valence-electron chi connectivity index (χ4n) is 2.04. The van der Waals surface area contributed by atoms with Crippen LogP contribution in [0.1, 0.15) is 22.7 Å². The lowest BCUT2D eigenvalue weighted by Crippen LogP contribution is -2.17. The van der Waals surface area contributed by atoms with E-state index in [1.165, 1.54) is 18.2 Å². The maximum Gasteiger partial charge on any atom is 0.137 e. The summed E-state index contributed by atoms with van der Waals surface area (Å²) in [6, 6.07) is 6.14. The summed E-state index contributed by atoms with van der Waals surface area (Å²) in [7, 11) is 0. The Hall–Kier alpha value is -1.33. The first kappa shape index (κ1) is 15.1. The van der Waals surface area contributed by atoms with Crippen molar-refractivity contribution < 1.29 is 13.2 Å². The van der Waals surface area contributed by atoms with Gasteiger partial charge in [-0.2, -0.15) is 0 Å². The van der Waals surface area contributed by atoms with Gasteiger partial charge < -0.3 is 5.73 Å². The molecule has 2 N–H and O–H groups in total. The highest BCUT2D eigenvalue weighted by Gasteiger charge is 2.19. The molecule has 0 radical (unpaired) electrons. The Kier molecular flexibility index (Phi) is 4.50. The molecule has 0 bridgehead atoms. The molecule has 0 amide bonds. The van der Waals surface area contributed by atoms with E-state index in [1.807, 2.05) is 0 Å². The van der Waals surface area contributed by atoms with E-state index in [4.69, 9.17) is 5.73 Å². The maximum atomic E-state index is 14.0. The number of benzene rings is 2. The van der Waals surface area contributed by atoms with E-state index in [1.54, 1.807) is 19.1 Å². The van der Waals surface area contributed by atoms with Gasteiger partial charge in [0.1, 0.15) is 17.5 Å². The molecule has 0 aliphatic carbocycles. The highest BCUT2D eigenvalue weighted by Crippen LogP contribution is 2.26. The minimum atomic E-state index is -0.827. The van der Waals surface area contributed by atoms with Crippen LogP contribution in [0.2, 0.25) is 0 Å². The first-order chi connectivity index (χ1) is 9.40. The Bertz CT molecular complexity index is 643. The lowest BCUT2D eigenvalue weighted by atomic mass is 9.97. The molecule has 1 atom stereocenters. The van der Waals surface area contributed by atoms with Crippen LogP contribution in [0.15, 0.2) is 34.8 Å². The zero-order valence-electron chi connectivity index (χ0n) is 10.8. The van der Waals surface area contributed by atoms with Gasteiger partial charge in [0.25, 0.3) is 0 Å². The average Bonchev–Trinajstić information content (AvgIpc) is 2.39. The zero-order chi connectivity index (χ0) is 14.9. The quantitative estimate of drug-likeness (QED) is 0.877. The van der Waals surface area contributed by atoms with Crippen molar-refractivity contribution in [2.75, 3.05) is 0 Å². The van der Waals surface area contributed by atoms with E-state index in [0.717, 1.165) is 0 Å². The predicted molar refractivity (Wildman–Crippen MR) is 75.8 cm³/mol. The maximum absolute atomic E-state index is 14.0. The highest BCUT2D eigenvalue weighted by atomic mass is 79.9. The van der Waals surface area contributed by atoms with Crippen molar-refractivity contribution in [3.63, 3.8) is 0 Å². The van der Waals surface area contributed by atoms with Gasteiger partial charge >= 0.3 is 0 Å². The van der Waals surface area contributed by atoms with Crippen molar-refractivity contribution in [1.82, 2.24) is 0 Å². The lowest BCUT2D eigenvalue weighted by molar-refractivity contribution is 0.519. The summed E-state index contributed by atoms with van der Waals surface area (Å²) < 4.78 is 41.1. The average molecular weight is 344 g/mol. The van der Waals surface area contributed by atoms with Crippen LogP contribution in [0.25, 0.3) is 0 Å². The molecule has 1 nitrogen and oxygen atoms in total. The molecule has 106 valence electrons. The van der Waals surface area contributed by atoms with Gasteiger partial charge in [0, 0.05) is 11.6 Å². The van der Waals surface area contributed by atoms with Crippen LogP contribution < -0.4 is 5.73 Å². The second-order valence-corrected chi connectivity index (χ2v) is 5.51. The number of rotatable bonds is 3. The van der Waals surface area contributed by atoms with Gasteiger partial charge in [-0.15, -0.1) is 0 Å². The Morgan fingerprint density at radius 1 is 1.10 bits per heavy atom. The molecule has 0 spiro atoms. The predicted octanol–water partition coefficient (Wildman–Crippen LogP) is 4.42. The van der Waals surface area contributed by atoms with E-state index in [9.17, 15) is 13.2 Å². The van der Waals surface area contributed by atoms with Crippen molar-refractivity contribution in [2.45, 2.75) is 19.4 Å². The molecule has 0 saturated heterocycles. The van der Waals surface area contributed by atoms with E-state index in [2.05, 4.69) is 15.9 Å². The van der Waals surface area contributed by atoms with Crippen LogP contribution in [0.4, 0.5) is 13.2 Å². The van der Waals surface area contributed by atoms with E-state index >= 15 is 0 Å².